The molecule has 0 aromatic rings. The van der Waals surface area contributed by atoms with Crippen molar-refractivity contribution in [1.82, 2.24) is 0 Å². The standard InChI is InChI=1S/C14H30NO3PS/c1-13-12-14(13)10-8-6-4-2-3-5-7-9-11-17-19(16,20)18-15/h13-14H,2-12,15H2,1H3,(H,16,20). The Hall–Kier alpha value is 0.490. The average molecular weight is 323 g/mol. The van der Waals surface area contributed by atoms with Gasteiger partial charge in [-0.25, -0.2) is 10.5 Å². The molecule has 3 N–H and O–H groups in total. The summed E-state index contributed by atoms with van der Waals surface area (Å²) in [5.41, 5.74) is 0. The molecule has 120 valence electrons. The van der Waals surface area contributed by atoms with Crippen LogP contribution in [0.1, 0.15) is 71.1 Å². The van der Waals surface area contributed by atoms with Crippen molar-refractivity contribution >= 4 is 18.5 Å². The third-order valence-corrected chi connectivity index (χ3v) is 5.48. The molecule has 1 aliphatic rings. The van der Waals surface area contributed by atoms with E-state index in [1.54, 1.807) is 0 Å². The van der Waals surface area contributed by atoms with Crippen LogP contribution < -0.4 is 5.90 Å². The maximum absolute atomic E-state index is 9.26. The molecule has 1 fully saturated rings. The minimum atomic E-state index is -3.14. The zero-order valence-electron chi connectivity index (χ0n) is 12.6. The predicted octanol–water partition coefficient (Wildman–Crippen LogP) is 4.28. The van der Waals surface area contributed by atoms with Crippen LogP contribution in [0.15, 0.2) is 0 Å². The topological polar surface area (TPSA) is 64.7 Å². The fourth-order valence-electron chi connectivity index (χ4n) is 2.58. The first-order valence-electron chi connectivity index (χ1n) is 7.91. The molecular weight excluding hydrogens is 293 g/mol. The Balaban J connectivity index is 1.73. The number of hydrogen-bond donors (Lipinski definition) is 2. The maximum atomic E-state index is 9.26. The number of rotatable bonds is 13. The van der Waals surface area contributed by atoms with Gasteiger partial charge >= 0.3 is 6.72 Å². The highest BCUT2D eigenvalue weighted by molar-refractivity contribution is 8.07. The van der Waals surface area contributed by atoms with E-state index >= 15 is 0 Å². The van der Waals surface area contributed by atoms with Gasteiger partial charge in [-0.3, -0.25) is 0 Å². The normalized spacial score (nSPS) is 24.6. The zero-order chi connectivity index (χ0) is 14.8. The molecule has 0 bridgehead atoms. The van der Waals surface area contributed by atoms with Gasteiger partial charge in [0.25, 0.3) is 0 Å². The molecule has 6 heteroatoms. The molecule has 0 amide bonds. The van der Waals surface area contributed by atoms with Gasteiger partial charge in [-0.05, 0) is 36.5 Å². The Morgan fingerprint density at radius 1 is 1.10 bits per heavy atom. The fourth-order valence-corrected chi connectivity index (χ4v) is 3.23. The van der Waals surface area contributed by atoms with Gasteiger partial charge in [0.1, 0.15) is 0 Å². The van der Waals surface area contributed by atoms with Crippen LogP contribution in [0.3, 0.4) is 0 Å². The highest BCUT2D eigenvalue weighted by atomic mass is 32.5. The molecule has 3 unspecified atom stereocenters. The summed E-state index contributed by atoms with van der Waals surface area (Å²) in [7, 11) is 0. The van der Waals surface area contributed by atoms with E-state index in [-0.39, 0.29) is 0 Å². The lowest BCUT2D eigenvalue weighted by Crippen LogP contribution is -2.01. The Kier molecular flexibility index (Phi) is 9.51. The van der Waals surface area contributed by atoms with Gasteiger partial charge in [0.15, 0.2) is 0 Å². The van der Waals surface area contributed by atoms with Crippen LogP contribution in [0.2, 0.25) is 0 Å². The quantitative estimate of drug-likeness (QED) is 0.301. The minimum Gasteiger partial charge on any atom is -0.323 e. The van der Waals surface area contributed by atoms with Gasteiger partial charge in [0.2, 0.25) is 0 Å². The van der Waals surface area contributed by atoms with E-state index in [0.29, 0.717) is 6.61 Å². The highest BCUT2D eigenvalue weighted by Crippen LogP contribution is 2.42. The van der Waals surface area contributed by atoms with Crippen molar-refractivity contribution in [2.24, 2.45) is 17.7 Å². The second-order valence-electron chi connectivity index (χ2n) is 6.00. The minimum absolute atomic E-state index is 0.435. The third-order valence-electron chi connectivity index (χ3n) is 4.13. The summed E-state index contributed by atoms with van der Waals surface area (Å²) in [5, 5.41) is 0. The van der Waals surface area contributed by atoms with E-state index < -0.39 is 6.72 Å². The van der Waals surface area contributed by atoms with Gasteiger partial charge in [-0.1, -0.05) is 58.3 Å². The molecule has 20 heavy (non-hydrogen) atoms. The molecule has 0 radical (unpaired) electrons. The predicted molar refractivity (Wildman–Crippen MR) is 86.6 cm³/mol. The molecule has 0 heterocycles. The van der Waals surface area contributed by atoms with Crippen LogP contribution >= 0.6 is 6.72 Å². The average Bonchev–Trinajstić information content (AvgIpc) is 3.12. The van der Waals surface area contributed by atoms with E-state index in [0.717, 1.165) is 24.7 Å². The van der Waals surface area contributed by atoms with Gasteiger partial charge in [-0.2, -0.15) is 0 Å². The SMILES string of the molecule is CC1CC1CCCCCCCCCCOP(O)(=S)ON. The number of nitrogens with two attached hydrogens (primary N) is 1. The van der Waals surface area contributed by atoms with Crippen molar-refractivity contribution in [3.63, 3.8) is 0 Å². The molecule has 0 spiro atoms. The van der Waals surface area contributed by atoms with E-state index in [2.05, 4.69) is 23.4 Å². The van der Waals surface area contributed by atoms with E-state index in [4.69, 9.17) is 10.4 Å². The second-order valence-corrected chi connectivity index (χ2v) is 8.79. The fraction of sp³-hybridized carbons (Fsp3) is 1.00. The first-order valence-corrected chi connectivity index (χ1v) is 10.5. The lowest BCUT2D eigenvalue weighted by Gasteiger charge is -2.11. The van der Waals surface area contributed by atoms with Crippen LogP contribution in [0, 0.1) is 11.8 Å². The number of hydrogen-bond acceptors (Lipinski definition) is 4. The van der Waals surface area contributed by atoms with Crippen molar-refractivity contribution in [3.05, 3.63) is 0 Å². The van der Waals surface area contributed by atoms with Crippen LogP contribution in [-0.4, -0.2) is 11.5 Å². The summed E-state index contributed by atoms with van der Waals surface area (Å²) in [5.74, 6) is 6.89. The van der Waals surface area contributed by atoms with Gasteiger partial charge in [0, 0.05) is 0 Å². The van der Waals surface area contributed by atoms with Gasteiger partial charge in [-0.15, -0.1) is 0 Å². The third kappa shape index (κ3) is 9.43. The summed E-state index contributed by atoms with van der Waals surface area (Å²) in [6.45, 7) is -0.345. The van der Waals surface area contributed by atoms with Crippen molar-refractivity contribution in [2.75, 3.05) is 6.61 Å². The summed E-state index contributed by atoms with van der Waals surface area (Å²) >= 11 is 4.63. The lowest BCUT2D eigenvalue weighted by atomic mass is 10.1. The Morgan fingerprint density at radius 2 is 1.60 bits per heavy atom. The van der Waals surface area contributed by atoms with E-state index in [1.165, 1.54) is 51.4 Å². The first-order chi connectivity index (χ1) is 9.55. The summed E-state index contributed by atoms with van der Waals surface area (Å²) < 4.78 is 9.22. The zero-order valence-corrected chi connectivity index (χ0v) is 14.3. The molecule has 0 saturated heterocycles. The maximum Gasteiger partial charge on any atom is 0.341 e. The first kappa shape index (κ1) is 18.5. The van der Waals surface area contributed by atoms with Gasteiger partial charge in [0.05, 0.1) is 6.61 Å². The molecule has 0 aliphatic heterocycles. The van der Waals surface area contributed by atoms with Crippen LogP contribution in [0.25, 0.3) is 0 Å². The van der Waals surface area contributed by atoms with Crippen molar-refractivity contribution in [2.45, 2.75) is 71.1 Å². The molecule has 1 rings (SSSR count). The molecule has 1 aliphatic carbocycles. The summed E-state index contributed by atoms with van der Waals surface area (Å²) in [4.78, 5) is 9.26. The van der Waals surface area contributed by atoms with Gasteiger partial charge < -0.3 is 9.42 Å². The molecule has 3 atom stereocenters. The summed E-state index contributed by atoms with van der Waals surface area (Å²) in [6, 6.07) is 0. The van der Waals surface area contributed by atoms with E-state index in [1.807, 2.05) is 0 Å². The highest BCUT2D eigenvalue weighted by Gasteiger charge is 2.31. The summed E-state index contributed by atoms with van der Waals surface area (Å²) in [6.07, 6.45) is 13.0. The van der Waals surface area contributed by atoms with E-state index in [9.17, 15) is 4.89 Å². The molecular formula is C14H30NO3PS. The van der Waals surface area contributed by atoms with Crippen molar-refractivity contribution in [3.8, 4) is 0 Å². The molecule has 4 nitrogen and oxygen atoms in total. The van der Waals surface area contributed by atoms with Crippen LogP contribution in [0.5, 0.6) is 0 Å². The number of unbranched alkanes of at least 4 members (excludes halogenated alkanes) is 7. The largest absolute Gasteiger partial charge is 0.341 e. The molecule has 0 aromatic heterocycles. The van der Waals surface area contributed by atoms with Crippen molar-refractivity contribution in [1.29, 1.82) is 0 Å². The smallest absolute Gasteiger partial charge is 0.323 e. The lowest BCUT2D eigenvalue weighted by molar-refractivity contribution is 0.196. The Morgan fingerprint density at radius 3 is 2.10 bits per heavy atom. The van der Waals surface area contributed by atoms with Crippen LogP contribution in [0.4, 0.5) is 0 Å². The Labute approximate surface area is 128 Å². The second kappa shape index (κ2) is 10.3. The Bertz CT molecular complexity index is 304. The molecule has 1 saturated carbocycles. The monoisotopic (exact) mass is 323 g/mol. The van der Waals surface area contributed by atoms with Crippen LogP contribution in [-0.2, 0) is 21.0 Å². The molecule has 0 aromatic carbocycles. The van der Waals surface area contributed by atoms with Crippen molar-refractivity contribution < 1.29 is 14.0 Å².